The van der Waals surface area contributed by atoms with E-state index in [-0.39, 0.29) is 48.1 Å². The quantitative estimate of drug-likeness (QED) is 0.216. The van der Waals surface area contributed by atoms with Crippen molar-refractivity contribution in [3.8, 4) is 22.4 Å². The number of methoxy groups -OCH3 is 2. The first-order valence-corrected chi connectivity index (χ1v) is 17.7. The number of carbonyl (C=O) groups excluding carboxylic acids is 5. The number of hydrogen-bond acceptors (Lipinski definition) is 8. The molecule has 5 rings (SSSR count). The van der Waals surface area contributed by atoms with Crippen molar-refractivity contribution in [2.75, 3.05) is 39.2 Å². The van der Waals surface area contributed by atoms with Crippen LogP contribution in [0.3, 0.4) is 0 Å². The maximum absolute atomic E-state index is 13.5. The Morgan fingerprint density at radius 2 is 1.33 bits per heavy atom. The molecular weight excluding hydrogens is 666 g/mol. The second-order valence-corrected chi connectivity index (χ2v) is 14.0. The highest BCUT2D eigenvalue weighted by molar-refractivity contribution is 5.94. The van der Waals surface area contributed by atoms with Crippen LogP contribution in [-0.2, 0) is 23.9 Å². The predicted octanol–water partition coefficient (Wildman–Crippen LogP) is 4.96. The summed E-state index contributed by atoms with van der Waals surface area (Å²) in [5.41, 5.74) is 4.41. The van der Waals surface area contributed by atoms with Gasteiger partial charge < -0.3 is 40.2 Å². The van der Waals surface area contributed by atoms with Crippen molar-refractivity contribution in [3.05, 3.63) is 60.6 Å². The number of benzene rings is 2. The lowest BCUT2D eigenvalue weighted by Crippen LogP contribution is -2.51. The summed E-state index contributed by atoms with van der Waals surface area (Å²) in [4.78, 5) is 74.8. The standard InChI is InChI=1S/C38H49N7O7/c1-22(2)31(42-37(49)51-5)35(47)44-19-17-27(21-44)34(46)40-28-15-13-25(14-16-28)24-9-11-26(12-10-24)29-20-39-33(41-29)30-8-7-18-45(30)36(48)32(23(3)4)43-38(50)52-6/h9-16,20,22-23,27,30-32H,7-8,17-19,21H2,1-6H3,(H,39,41)(H,40,46)(H,42,49)(H,43,50)/t27-,30+,31-,32+/m1/s1. The van der Waals surface area contributed by atoms with Crippen LogP contribution in [0.4, 0.5) is 15.3 Å². The fourth-order valence-electron chi connectivity index (χ4n) is 6.75. The number of ether oxygens (including phenoxy) is 2. The molecule has 0 aliphatic carbocycles. The Morgan fingerprint density at radius 3 is 1.90 bits per heavy atom. The number of alkyl carbamates (subject to hydrolysis) is 2. The molecule has 4 atom stereocenters. The molecule has 4 N–H and O–H groups in total. The van der Waals surface area contributed by atoms with Crippen molar-refractivity contribution in [1.82, 2.24) is 30.4 Å². The number of anilines is 1. The highest BCUT2D eigenvalue weighted by Gasteiger charge is 2.38. The number of hydrogen-bond donors (Lipinski definition) is 4. The van der Waals surface area contributed by atoms with Gasteiger partial charge in [0.15, 0.2) is 0 Å². The molecule has 5 amide bonds. The molecule has 2 aromatic carbocycles. The topological polar surface area (TPSA) is 175 Å². The highest BCUT2D eigenvalue weighted by atomic mass is 16.5. The average Bonchev–Trinajstić information content (AvgIpc) is 3.94. The Bertz CT molecular complexity index is 1740. The number of rotatable bonds is 11. The van der Waals surface area contributed by atoms with Crippen LogP contribution >= 0.6 is 0 Å². The van der Waals surface area contributed by atoms with Gasteiger partial charge in [0.25, 0.3) is 0 Å². The van der Waals surface area contributed by atoms with Crippen LogP contribution in [0.5, 0.6) is 0 Å². The van der Waals surface area contributed by atoms with Crippen molar-refractivity contribution >= 4 is 35.6 Å². The van der Waals surface area contributed by atoms with E-state index in [1.54, 1.807) is 16.0 Å². The molecular formula is C38H49N7O7. The summed E-state index contributed by atoms with van der Waals surface area (Å²) in [7, 11) is 2.53. The number of aromatic amines is 1. The minimum absolute atomic E-state index is 0.113. The predicted molar refractivity (Wildman–Crippen MR) is 195 cm³/mol. The van der Waals surface area contributed by atoms with Crippen molar-refractivity contribution in [2.45, 2.75) is 65.1 Å². The van der Waals surface area contributed by atoms with Gasteiger partial charge in [-0.3, -0.25) is 14.4 Å². The molecule has 3 aromatic rings. The molecule has 52 heavy (non-hydrogen) atoms. The molecule has 0 saturated carbocycles. The first-order chi connectivity index (χ1) is 24.9. The maximum atomic E-state index is 13.5. The monoisotopic (exact) mass is 715 g/mol. The molecule has 0 spiro atoms. The van der Waals surface area contributed by atoms with Gasteiger partial charge in [-0.2, -0.15) is 0 Å². The normalized spacial score (nSPS) is 18.2. The van der Waals surface area contributed by atoms with Crippen molar-refractivity contribution in [1.29, 1.82) is 0 Å². The Balaban J connectivity index is 1.17. The van der Waals surface area contributed by atoms with Gasteiger partial charge in [-0.25, -0.2) is 14.6 Å². The maximum Gasteiger partial charge on any atom is 0.407 e. The van der Waals surface area contributed by atoms with Crippen LogP contribution in [-0.4, -0.2) is 95.6 Å². The van der Waals surface area contributed by atoms with E-state index in [1.807, 2.05) is 76.2 Å². The molecule has 1 aromatic heterocycles. The molecule has 2 saturated heterocycles. The van der Waals surface area contributed by atoms with E-state index < -0.39 is 24.3 Å². The van der Waals surface area contributed by atoms with Gasteiger partial charge in [0.05, 0.1) is 38.1 Å². The minimum Gasteiger partial charge on any atom is -0.453 e. The zero-order chi connectivity index (χ0) is 37.5. The van der Waals surface area contributed by atoms with Crippen LogP contribution in [0.1, 0.15) is 58.8 Å². The van der Waals surface area contributed by atoms with Gasteiger partial charge in [-0.15, -0.1) is 0 Å². The van der Waals surface area contributed by atoms with Crippen LogP contribution in [0, 0.1) is 17.8 Å². The first kappa shape index (κ1) is 37.8. The SMILES string of the molecule is COC(=O)N[C@H](C(=O)N1CCC[C@H]1c1ncc(-c2ccc(-c3ccc(NC(=O)[C@@H]4CCN(C(=O)[C@H](NC(=O)OC)C(C)C)C4)cc3)cc2)[nH]1)C(C)C. The molecule has 2 aliphatic heterocycles. The fourth-order valence-corrected chi connectivity index (χ4v) is 6.75. The molecule has 0 unspecified atom stereocenters. The number of H-pyrrole nitrogens is 1. The number of likely N-dealkylation sites (tertiary alicyclic amines) is 2. The Hall–Kier alpha value is -5.40. The summed E-state index contributed by atoms with van der Waals surface area (Å²) in [5.74, 6) is -0.439. The van der Waals surface area contributed by atoms with Gasteiger partial charge in [0, 0.05) is 25.3 Å². The Kier molecular flexibility index (Phi) is 12.2. The lowest BCUT2D eigenvalue weighted by Gasteiger charge is -2.30. The second kappa shape index (κ2) is 16.7. The van der Waals surface area contributed by atoms with Gasteiger partial charge in [-0.1, -0.05) is 64.1 Å². The summed E-state index contributed by atoms with van der Waals surface area (Å²) >= 11 is 0. The first-order valence-electron chi connectivity index (χ1n) is 17.7. The van der Waals surface area contributed by atoms with E-state index in [4.69, 9.17) is 4.74 Å². The third-order valence-electron chi connectivity index (χ3n) is 9.78. The smallest absolute Gasteiger partial charge is 0.407 e. The van der Waals surface area contributed by atoms with Gasteiger partial charge >= 0.3 is 12.2 Å². The molecule has 0 radical (unpaired) electrons. The van der Waals surface area contributed by atoms with E-state index in [0.29, 0.717) is 31.0 Å². The van der Waals surface area contributed by atoms with E-state index in [0.717, 1.165) is 35.2 Å². The Labute approximate surface area is 304 Å². The minimum atomic E-state index is -0.727. The van der Waals surface area contributed by atoms with Crippen LogP contribution in [0.2, 0.25) is 0 Å². The number of amides is 5. The van der Waals surface area contributed by atoms with Crippen LogP contribution in [0.25, 0.3) is 22.4 Å². The largest absolute Gasteiger partial charge is 0.453 e. The second-order valence-electron chi connectivity index (χ2n) is 14.0. The van der Waals surface area contributed by atoms with Gasteiger partial charge in [0.2, 0.25) is 17.7 Å². The summed E-state index contributed by atoms with van der Waals surface area (Å²) < 4.78 is 9.40. The molecule has 2 fully saturated rings. The Morgan fingerprint density at radius 1 is 0.769 bits per heavy atom. The molecule has 278 valence electrons. The van der Waals surface area contributed by atoms with Crippen LogP contribution in [0.15, 0.2) is 54.7 Å². The van der Waals surface area contributed by atoms with E-state index in [1.165, 1.54) is 14.2 Å². The number of aromatic nitrogens is 2. The van der Waals surface area contributed by atoms with Gasteiger partial charge in [0.1, 0.15) is 17.9 Å². The molecule has 14 heteroatoms. The van der Waals surface area contributed by atoms with Crippen molar-refractivity contribution in [3.63, 3.8) is 0 Å². The third kappa shape index (κ3) is 8.72. The number of nitrogens with one attached hydrogen (secondary N) is 4. The van der Waals surface area contributed by atoms with E-state index in [9.17, 15) is 24.0 Å². The average molecular weight is 716 g/mol. The highest BCUT2D eigenvalue weighted by Crippen LogP contribution is 2.33. The summed E-state index contributed by atoms with van der Waals surface area (Å²) in [6.45, 7) is 8.77. The summed E-state index contributed by atoms with van der Waals surface area (Å²) in [6, 6.07) is 14.0. The zero-order valence-corrected chi connectivity index (χ0v) is 30.6. The molecule has 2 aliphatic rings. The molecule has 0 bridgehead atoms. The number of imidazole rings is 1. The van der Waals surface area contributed by atoms with Crippen molar-refractivity contribution < 1.29 is 33.4 Å². The lowest BCUT2D eigenvalue weighted by molar-refractivity contribution is -0.135. The lowest BCUT2D eigenvalue weighted by atomic mass is 10.0. The van der Waals surface area contributed by atoms with Crippen LogP contribution < -0.4 is 16.0 Å². The fraction of sp³-hybridized carbons (Fsp3) is 0.474. The van der Waals surface area contributed by atoms with Gasteiger partial charge in [-0.05, 0) is 59.9 Å². The van der Waals surface area contributed by atoms with E-state index >= 15 is 0 Å². The molecule has 14 nitrogen and oxygen atoms in total. The molecule has 3 heterocycles. The summed E-state index contributed by atoms with van der Waals surface area (Å²) in [6.07, 6.45) is 2.62. The van der Waals surface area contributed by atoms with E-state index in [2.05, 4.69) is 30.7 Å². The summed E-state index contributed by atoms with van der Waals surface area (Å²) in [5, 5.41) is 8.26. The van der Waals surface area contributed by atoms with Crippen molar-refractivity contribution in [2.24, 2.45) is 17.8 Å². The third-order valence-corrected chi connectivity index (χ3v) is 9.78. The number of nitrogens with zero attached hydrogens (tertiary/aromatic N) is 3. The number of carbonyl (C=O) groups is 5. The zero-order valence-electron chi connectivity index (χ0n) is 30.6.